The predicted octanol–water partition coefficient (Wildman–Crippen LogP) is 4.70. The summed E-state index contributed by atoms with van der Waals surface area (Å²) in [5.74, 6) is -1.01. The van der Waals surface area contributed by atoms with E-state index in [2.05, 4.69) is 25.3 Å². The largest absolute Gasteiger partial charge is 0.389 e. The Morgan fingerprint density at radius 1 is 1.22 bits per heavy atom. The van der Waals surface area contributed by atoms with Gasteiger partial charge in [-0.25, -0.2) is 24.3 Å². The molecule has 8 nitrogen and oxygen atoms in total. The number of aromatic nitrogens is 5. The molecular weight excluding hydrogens is 502 g/mol. The molecule has 13 heteroatoms. The molecule has 1 unspecified atom stereocenters. The lowest BCUT2D eigenvalue weighted by Crippen LogP contribution is -2.33. The molecule has 4 aromatic rings. The second kappa shape index (κ2) is 8.40. The number of nitrogens with two attached hydrogens (primary N) is 1. The summed E-state index contributed by atoms with van der Waals surface area (Å²) < 4.78 is 53.7. The van der Waals surface area contributed by atoms with Crippen LogP contribution in [0.5, 0.6) is 0 Å². The standard InChI is InChI=1S/C23H18ClF4N7O/c1-22(11-4-5-12(24)13(25)9-11)16-17(29)32-18(33-19(16)34-21(22)36)15-10-35-8-7-30-20(35)14(31-15)3-2-6-23(26,27)28/h4-5,7-10H,2-3,6H2,1H3,(H3,29,32,33,34,36). The number of nitrogens with one attached hydrogen (secondary N) is 1. The van der Waals surface area contributed by atoms with Crippen LogP contribution in [0.1, 0.15) is 36.6 Å². The van der Waals surface area contributed by atoms with Gasteiger partial charge in [-0.1, -0.05) is 17.7 Å². The monoisotopic (exact) mass is 519 g/mol. The van der Waals surface area contributed by atoms with E-state index in [1.54, 1.807) is 23.7 Å². The van der Waals surface area contributed by atoms with Crippen molar-refractivity contribution in [1.29, 1.82) is 0 Å². The molecule has 1 aliphatic heterocycles. The van der Waals surface area contributed by atoms with E-state index in [0.717, 1.165) is 6.07 Å². The van der Waals surface area contributed by atoms with Crippen LogP contribution in [0.4, 0.5) is 29.2 Å². The molecule has 36 heavy (non-hydrogen) atoms. The van der Waals surface area contributed by atoms with Crippen LogP contribution in [0, 0.1) is 5.82 Å². The van der Waals surface area contributed by atoms with Gasteiger partial charge in [-0.05, 0) is 37.5 Å². The molecule has 1 atom stereocenters. The summed E-state index contributed by atoms with van der Waals surface area (Å²) in [7, 11) is 0. The van der Waals surface area contributed by atoms with E-state index in [-0.39, 0.29) is 46.6 Å². The third-order valence-corrected chi connectivity index (χ3v) is 6.47. The SMILES string of the molecule is CC1(c2ccc(Cl)c(F)c2)C(=O)Nc2nc(-c3cn4ccnc4c(CCCC(F)(F)F)n3)nc(N)c21. The quantitative estimate of drug-likeness (QED) is 0.370. The minimum Gasteiger partial charge on any atom is -0.383 e. The van der Waals surface area contributed by atoms with Gasteiger partial charge in [-0.15, -0.1) is 0 Å². The van der Waals surface area contributed by atoms with Crippen molar-refractivity contribution in [2.45, 2.75) is 37.8 Å². The van der Waals surface area contributed by atoms with Gasteiger partial charge in [0.05, 0.1) is 16.3 Å². The molecule has 1 amide bonds. The van der Waals surface area contributed by atoms with Gasteiger partial charge in [0.15, 0.2) is 11.5 Å². The summed E-state index contributed by atoms with van der Waals surface area (Å²) in [6, 6.07) is 4.03. The lowest BCUT2D eigenvalue weighted by atomic mass is 9.77. The Labute approximate surface area is 206 Å². The Morgan fingerprint density at radius 2 is 2.00 bits per heavy atom. The summed E-state index contributed by atoms with van der Waals surface area (Å²) in [4.78, 5) is 30.4. The van der Waals surface area contributed by atoms with Gasteiger partial charge < -0.3 is 15.5 Å². The first-order valence-electron chi connectivity index (χ1n) is 10.8. The Kier molecular flexibility index (Phi) is 5.58. The zero-order valence-corrected chi connectivity index (χ0v) is 19.5. The van der Waals surface area contributed by atoms with E-state index in [4.69, 9.17) is 17.3 Å². The van der Waals surface area contributed by atoms with E-state index in [0.29, 0.717) is 16.9 Å². The minimum absolute atomic E-state index is 0.0302. The highest BCUT2D eigenvalue weighted by atomic mass is 35.5. The molecule has 1 aromatic carbocycles. The number of halogens is 5. The highest BCUT2D eigenvalue weighted by Gasteiger charge is 2.48. The van der Waals surface area contributed by atoms with Gasteiger partial charge in [0.2, 0.25) is 5.91 Å². The normalized spacial score (nSPS) is 17.4. The third kappa shape index (κ3) is 4.00. The van der Waals surface area contributed by atoms with Crippen molar-refractivity contribution in [3.05, 3.63) is 64.5 Å². The average molecular weight is 520 g/mol. The number of alkyl halides is 3. The van der Waals surface area contributed by atoms with E-state index < -0.39 is 29.7 Å². The molecule has 0 bridgehead atoms. The van der Waals surface area contributed by atoms with Crippen LogP contribution in [0.3, 0.4) is 0 Å². The maximum absolute atomic E-state index is 14.2. The second-order valence-corrected chi connectivity index (χ2v) is 8.97. The van der Waals surface area contributed by atoms with Gasteiger partial charge in [0.25, 0.3) is 0 Å². The first-order chi connectivity index (χ1) is 17.0. The van der Waals surface area contributed by atoms with E-state index in [9.17, 15) is 22.4 Å². The summed E-state index contributed by atoms with van der Waals surface area (Å²) in [6.07, 6.45) is -0.668. The van der Waals surface area contributed by atoms with Gasteiger partial charge >= 0.3 is 6.18 Å². The number of benzene rings is 1. The van der Waals surface area contributed by atoms with Crippen molar-refractivity contribution in [1.82, 2.24) is 24.3 Å². The smallest absolute Gasteiger partial charge is 0.383 e. The molecule has 0 radical (unpaired) electrons. The predicted molar refractivity (Wildman–Crippen MR) is 124 cm³/mol. The van der Waals surface area contributed by atoms with Crippen molar-refractivity contribution >= 4 is 34.8 Å². The van der Waals surface area contributed by atoms with Gasteiger partial charge in [0.1, 0.15) is 28.6 Å². The maximum Gasteiger partial charge on any atom is 0.389 e. The number of amides is 1. The second-order valence-electron chi connectivity index (χ2n) is 8.56. The Morgan fingerprint density at radius 3 is 2.72 bits per heavy atom. The number of hydrogen-bond donors (Lipinski definition) is 2. The summed E-state index contributed by atoms with van der Waals surface area (Å²) >= 11 is 5.80. The zero-order valence-electron chi connectivity index (χ0n) is 18.7. The number of rotatable bonds is 5. The van der Waals surface area contributed by atoms with Gasteiger partial charge in [-0.3, -0.25) is 4.79 Å². The van der Waals surface area contributed by atoms with Crippen LogP contribution in [0.2, 0.25) is 5.02 Å². The van der Waals surface area contributed by atoms with Crippen LogP contribution >= 0.6 is 11.6 Å². The van der Waals surface area contributed by atoms with Crippen LogP contribution in [-0.2, 0) is 16.6 Å². The molecule has 4 heterocycles. The van der Waals surface area contributed by atoms with Crippen LogP contribution in [0.15, 0.2) is 36.8 Å². The molecule has 0 aliphatic carbocycles. The van der Waals surface area contributed by atoms with Crippen molar-refractivity contribution in [3.8, 4) is 11.5 Å². The number of fused-ring (bicyclic) bond motifs is 2. The highest BCUT2D eigenvalue weighted by molar-refractivity contribution is 6.30. The van der Waals surface area contributed by atoms with Crippen LogP contribution < -0.4 is 11.1 Å². The summed E-state index contributed by atoms with van der Waals surface area (Å²) in [6.45, 7) is 1.57. The highest BCUT2D eigenvalue weighted by Crippen LogP contribution is 2.45. The molecule has 0 saturated carbocycles. The summed E-state index contributed by atoms with van der Waals surface area (Å²) in [5, 5.41) is 2.58. The van der Waals surface area contributed by atoms with Crippen molar-refractivity contribution in [2.75, 3.05) is 11.1 Å². The molecule has 0 saturated heterocycles. The molecule has 0 spiro atoms. The van der Waals surface area contributed by atoms with E-state index in [1.165, 1.54) is 18.3 Å². The Hall–Kier alpha value is -3.80. The topological polar surface area (TPSA) is 111 Å². The van der Waals surface area contributed by atoms with Crippen molar-refractivity contribution < 1.29 is 22.4 Å². The first kappa shape index (κ1) is 23.9. The lowest BCUT2D eigenvalue weighted by Gasteiger charge is -2.23. The fourth-order valence-corrected chi connectivity index (χ4v) is 4.45. The number of imidazole rings is 1. The van der Waals surface area contributed by atoms with E-state index in [1.807, 2.05) is 0 Å². The number of hydrogen-bond acceptors (Lipinski definition) is 6. The fraction of sp³-hybridized carbons (Fsp3) is 0.261. The molecule has 186 valence electrons. The number of carbonyl (C=O) groups excluding carboxylic acids is 1. The number of anilines is 2. The minimum atomic E-state index is -4.28. The molecule has 1 aliphatic rings. The number of nitrogens with zero attached hydrogens (tertiary/aromatic N) is 5. The first-order valence-corrected chi connectivity index (χ1v) is 11.2. The third-order valence-electron chi connectivity index (χ3n) is 6.17. The van der Waals surface area contributed by atoms with Crippen molar-refractivity contribution in [3.63, 3.8) is 0 Å². The van der Waals surface area contributed by atoms with Crippen molar-refractivity contribution in [2.24, 2.45) is 0 Å². The van der Waals surface area contributed by atoms with Crippen LogP contribution in [0.25, 0.3) is 17.2 Å². The molecular formula is C23H18ClF4N7O. The Balaban J connectivity index is 1.57. The number of carbonyl (C=O) groups is 1. The molecule has 3 N–H and O–H groups in total. The molecule has 0 fully saturated rings. The number of nitrogen functional groups attached to an aromatic ring is 1. The zero-order chi connectivity index (χ0) is 25.8. The number of aryl methyl sites for hydroxylation is 1. The summed E-state index contributed by atoms with van der Waals surface area (Å²) in [5.41, 5.74) is 6.47. The Bertz CT molecular complexity index is 1520. The fourth-order valence-electron chi connectivity index (χ4n) is 4.33. The van der Waals surface area contributed by atoms with Crippen LogP contribution in [-0.4, -0.2) is 36.4 Å². The maximum atomic E-state index is 14.2. The molecule has 5 rings (SSSR count). The molecule has 3 aromatic heterocycles. The van der Waals surface area contributed by atoms with Gasteiger partial charge in [0, 0.05) is 25.0 Å². The average Bonchev–Trinajstić information content (AvgIpc) is 3.37. The lowest BCUT2D eigenvalue weighted by molar-refractivity contribution is -0.135. The van der Waals surface area contributed by atoms with E-state index >= 15 is 0 Å². The van der Waals surface area contributed by atoms with Gasteiger partial charge in [-0.2, -0.15) is 13.2 Å².